The number of esters is 1. The van der Waals surface area contributed by atoms with Gasteiger partial charge in [0.05, 0.1) is 25.4 Å². The van der Waals surface area contributed by atoms with E-state index in [1.165, 1.54) is 276 Å². The lowest BCUT2D eigenvalue weighted by atomic mass is 10.0. The molecule has 0 heterocycles. The van der Waals surface area contributed by atoms with Crippen molar-refractivity contribution >= 4 is 11.9 Å². The summed E-state index contributed by atoms with van der Waals surface area (Å²) in [6.45, 7) is 4.89. The molecule has 0 aromatic carbocycles. The first-order valence-electron chi connectivity index (χ1n) is 32.8. The maximum absolute atomic E-state index is 12.5. The number of aliphatic hydroxyl groups is 2. The molecule has 0 aliphatic rings. The molecule has 3 N–H and O–H groups in total. The van der Waals surface area contributed by atoms with Gasteiger partial charge in [-0.3, -0.25) is 9.59 Å². The summed E-state index contributed by atoms with van der Waals surface area (Å²) in [5.41, 5.74) is 0. The molecule has 0 rings (SSSR count). The second kappa shape index (κ2) is 62.6. The van der Waals surface area contributed by atoms with E-state index >= 15 is 0 Å². The van der Waals surface area contributed by atoms with Gasteiger partial charge >= 0.3 is 5.97 Å². The summed E-state index contributed by atoms with van der Waals surface area (Å²) in [4.78, 5) is 24.5. The predicted molar refractivity (Wildman–Crippen MR) is 319 cm³/mol. The number of hydrogen-bond acceptors (Lipinski definition) is 5. The first-order valence-corrected chi connectivity index (χ1v) is 32.8. The number of ether oxygens (including phenoxy) is 1. The lowest BCUT2D eigenvalue weighted by Gasteiger charge is -2.20. The summed E-state index contributed by atoms with van der Waals surface area (Å²) >= 11 is 0. The van der Waals surface area contributed by atoms with E-state index in [0.29, 0.717) is 19.4 Å². The number of rotatable bonds is 61. The number of hydrogen-bond donors (Lipinski definition) is 3. The highest BCUT2D eigenvalue weighted by Gasteiger charge is 2.18. The monoisotopic (exact) mass is 1030 g/mol. The number of aliphatic hydroxyl groups excluding tert-OH is 2. The van der Waals surface area contributed by atoms with Gasteiger partial charge < -0.3 is 20.3 Å². The Bertz CT molecular complexity index is 1180. The normalized spacial score (nSPS) is 12.8. The van der Waals surface area contributed by atoms with Crippen molar-refractivity contribution in [3.8, 4) is 0 Å². The number of unbranched alkanes of at least 4 members (excludes halogenated alkanes) is 46. The first kappa shape index (κ1) is 71.1. The third-order valence-electron chi connectivity index (χ3n) is 15.1. The Hall–Kier alpha value is -1.92. The van der Waals surface area contributed by atoms with E-state index in [1.54, 1.807) is 6.08 Å². The molecule has 6 heteroatoms. The molecule has 6 nitrogen and oxygen atoms in total. The van der Waals surface area contributed by atoms with Crippen LogP contribution in [0.15, 0.2) is 36.5 Å². The van der Waals surface area contributed by atoms with Crippen LogP contribution in [0.3, 0.4) is 0 Å². The van der Waals surface area contributed by atoms with Crippen molar-refractivity contribution in [3.63, 3.8) is 0 Å². The van der Waals surface area contributed by atoms with Gasteiger partial charge in [-0.05, 0) is 83.5 Å². The van der Waals surface area contributed by atoms with E-state index < -0.39 is 12.1 Å². The first-order chi connectivity index (χ1) is 36.0. The zero-order valence-electron chi connectivity index (χ0n) is 49.1. The minimum Gasteiger partial charge on any atom is -0.466 e. The fourth-order valence-corrected chi connectivity index (χ4v) is 10.1. The molecule has 0 spiro atoms. The minimum absolute atomic E-state index is 0.00427. The standard InChI is InChI=1S/C67H127NO5/c1-3-5-7-9-11-13-15-17-18-19-20-21-22-23-24-27-30-33-36-39-43-47-51-55-59-65(70)64(63-69)68-66(71)60-56-52-48-44-40-37-34-31-28-25-26-29-32-35-38-42-46-50-54-58-62-73-67(72)61-57-53-49-45-41-16-14-12-10-8-6-4-2/h12,14,25,28,55,59,64-65,69-70H,3-11,13,15-24,26-27,29-54,56-58,60-63H2,1-2H3,(H,68,71)/b14-12-,28-25-,59-55+. The third-order valence-corrected chi connectivity index (χ3v) is 15.1. The number of carbonyl (C=O) groups excluding carboxylic acids is 2. The summed E-state index contributed by atoms with van der Waals surface area (Å²) < 4.78 is 5.46. The topological polar surface area (TPSA) is 95.9 Å². The summed E-state index contributed by atoms with van der Waals surface area (Å²) in [6.07, 6.45) is 79.1. The second-order valence-electron chi connectivity index (χ2n) is 22.4. The van der Waals surface area contributed by atoms with Gasteiger partial charge in [-0.1, -0.05) is 294 Å². The van der Waals surface area contributed by atoms with Gasteiger partial charge in [0.25, 0.3) is 0 Å². The average molecular weight is 1030 g/mol. The lowest BCUT2D eigenvalue weighted by molar-refractivity contribution is -0.143. The molecule has 73 heavy (non-hydrogen) atoms. The highest BCUT2D eigenvalue weighted by atomic mass is 16.5. The molecule has 0 aliphatic heterocycles. The van der Waals surface area contributed by atoms with Crippen LogP contribution in [0.2, 0.25) is 0 Å². The summed E-state index contributed by atoms with van der Waals surface area (Å²) in [7, 11) is 0. The van der Waals surface area contributed by atoms with E-state index in [1.807, 2.05) is 6.08 Å². The Morgan fingerprint density at radius 3 is 1.00 bits per heavy atom. The quantitative estimate of drug-likeness (QED) is 0.0320. The molecule has 0 aromatic heterocycles. The van der Waals surface area contributed by atoms with Crippen LogP contribution in [-0.2, 0) is 14.3 Å². The van der Waals surface area contributed by atoms with Crippen molar-refractivity contribution in [2.45, 2.75) is 366 Å². The highest BCUT2D eigenvalue weighted by molar-refractivity contribution is 5.76. The van der Waals surface area contributed by atoms with Crippen LogP contribution in [0.5, 0.6) is 0 Å². The maximum Gasteiger partial charge on any atom is 0.305 e. The molecule has 0 saturated heterocycles. The van der Waals surface area contributed by atoms with Crippen LogP contribution >= 0.6 is 0 Å². The summed E-state index contributed by atoms with van der Waals surface area (Å²) in [5, 5.41) is 23.2. The van der Waals surface area contributed by atoms with Gasteiger partial charge in [-0.2, -0.15) is 0 Å². The fourth-order valence-electron chi connectivity index (χ4n) is 10.1. The number of nitrogens with one attached hydrogen (secondary N) is 1. The van der Waals surface area contributed by atoms with Crippen molar-refractivity contribution in [1.29, 1.82) is 0 Å². The van der Waals surface area contributed by atoms with Crippen molar-refractivity contribution < 1.29 is 24.5 Å². The van der Waals surface area contributed by atoms with Crippen molar-refractivity contribution in [2.24, 2.45) is 0 Å². The van der Waals surface area contributed by atoms with Gasteiger partial charge in [-0.15, -0.1) is 0 Å². The van der Waals surface area contributed by atoms with Gasteiger partial charge in [0.2, 0.25) is 5.91 Å². The van der Waals surface area contributed by atoms with Gasteiger partial charge in [0, 0.05) is 12.8 Å². The molecule has 0 aromatic rings. The van der Waals surface area contributed by atoms with Crippen LogP contribution < -0.4 is 5.32 Å². The molecule has 2 unspecified atom stereocenters. The molecule has 0 bridgehead atoms. The molecular formula is C67H127NO5. The Balaban J connectivity index is 3.47. The van der Waals surface area contributed by atoms with Crippen molar-refractivity contribution in [3.05, 3.63) is 36.5 Å². The molecular weight excluding hydrogens is 899 g/mol. The zero-order chi connectivity index (χ0) is 52.9. The lowest BCUT2D eigenvalue weighted by Crippen LogP contribution is -2.45. The Morgan fingerprint density at radius 1 is 0.370 bits per heavy atom. The maximum atomic E-state index is 12.5. The Morgan fingerprint density at radius 2 is 0.644 bits per heavy atom. The highest BCUT2D eigenvalue weighted by Crippen LogP contribution is 2.18. The number of allylic oxidation sites excluding steroid dienone is 5. The van der Waals surface area contributed by atoms with Crippen LogP contribution in [0, 0.1) is 0 Å². The molecule has 0 saturated carbocycles. The fraction of sp³-hybridized carbons (Fsp3) is 0.881. The Kier molecular flexibility index (Phi) is 61.0. The SMILES string of the molecule is CCCCC/C=C\CCCCCCCC(=O)OCCCCCCCCCCC/C=C\CCCCCCCCCC(=O)NC(CO)C(O)/C=C/CCCCCCCCCCCCCCCCCCCCCCCC. The van der Waals surface area contributed by atoms with E-state index in [9.17, 15) is 19.8 Å². The molecule has 430 valence electrons. The van der Waals surface area contributed by atoms with E-state index in [2.05, 4.69) is 43.5 Å². The van der Waals surface area contributed by atoms with Crippen LogP contribution in [0.4, 0.5) is 0 Å². The molecule has 0 aliphatic carbocycles. The molecule has 1 amide bonds. The largest absolute Gasteiger partial charge is 0.466 e. The molecule has 0 fully saturated rings. The predicted octanol–water partition coefficient (Wildman–Crippen LogP) is 20.8. The second-order valence-corrected chi connectivity index (χ2v) is 22.4. The van der Waals surface area contributed by atoms with Crippen LogP contribution in [0.1, 0.15) is 354 Å². The van der Waals surface area contributed by atoms with Gasteiger partial charge in [-0.25, -0.2) is 0 Å². The van der Waals surface area contributed by atoms with Crippen molar-refractivity contribution in [1.82, 2.24) is 5.32 Å². The average Bonchev–Trinajstić information content (AvgIpc) is 3.39. The number of carbonyl (C=O) groups is 2. The Labute approximate surface area is 455 Å². The zero-order valence-corrected chi connectivity index (χ0v) is 49.1. The summed E-state index contributed by atoms with van der Waals surface area (Å²) in [5.74, 6) is -0.0779. The van der Waals surface area contributed by atoms with Crippen LogP contribution in [0.25, 0.3) is 0 Å². The van der Waals surface area contributed by atoms with Crippen LogP contribution in [-0.4, -0.2) is 47.4 Å². The molecule has 2 atom stereocenters. The third kappa shape index (κ3) is 59.2. The van der Waals surface area contributed by atoms with Gasteiger partial charge in [0.1, 0.15) is 0 Å². The smallest absolute Gasteiger partial charge is 0.305 e. The molecule has 0 radical (unpaired) electrons. The van der Waals surface area contributed by atoms with Gasteiger partial charge in [0.15, 0.2) is 0 Å². The van der Waals surface area contributed by atoms with E-state index in [4.69, 9.17) is 4.74 Å². The minimum atomic E-state index is -0.852. The van der Waals surface area contributed by atoms with Crippen molar-refractivity contribution in [2.75, 3.05) is 13.2 Å². The van der Waals surface area contributed by atoms with E-state index in [0.717, 1.165) is 51.4 Å². The number of amides is 1. The summed E-state index contributed by atoms with van der Waals surface area (Å²) in [6, 6.07) is -0.636. The van der Waals surface area contributed by atoms with E-state index in [-0.39, 0.29) is 18.5 Å².